The van der Waals surface area contributed by atoms with E-state index in [0.29, 0.717) is 23.7 Å². The van der Waals surface area contributed by atoms with E-state index in [1.165, 1.54) is 25.3 Å². The molecule has 0 aromatic heterocycles. The van der Waals surface area contributed by atoms with Gasteiger partial charge in [0.25, 0.3) is 17.1 Å². The molecule has 2 aromatic carbocycles. The topological polar surface area (TPSA) is 84.9 Å². The molecule has 1 aliphatic heterocycles. The first-order chi connectivity index (χ1) is 14.9. The third kappa shape index (κ3) is 5.24. The molecular weight excluding hydrogens is 423 g/mol. The molecule has 0 saturated carbocycles. The van der Waals surface area contributed by atoms with Crippen LogP contribution in [0.4, 0.5) is 9.18 Å². The number of hydrogen-bond acceptors (Lipinski definition) is 6. The Morgan fingerprint density at radius 1 is 1.19 bits per heavy atom. The number of nitrogens with one attached hydrogen (secondary N) is 1. The molecule has 1 heterocycles. The second-order valence-corrected chi connectivity index (χ2v) is 7.41. The molecule has 0 spiro atoms. The molecule has 0 aliphatic carbocycles. The predicted octanol–water partition coefficient (Wildman–Crippen LogP) is 3.70. The van der Waals surface area contributed by atoms with Crippen molar-refractivity contribution in [3.63, 3.8) is 0 Å². The molecule has 7 nitrogen and oxygen atoms in total. The Morgan fingerprint density at radius 3 is 2.68 bits per heavy atom. The lowest BCUT2D eigenvalue weighted by Gasteiger charge is -2.13. The summed E-state index contributed by atoms with van der Waals surface area (Å²) in [7, 11) is 1.52. The Kier molecular flexibility index (Phi) is 7.30. The van der Waals surface area contributed by atoms with E-state index in [0.717, 1.165) is 16.7 Å². The highest BCUT2D eigenvalue weighted by Crippen LogP contribution is 2.34. The number of nitrogens with zero attached hydrogens (tertiary/aromatic N) is 1. The molecule has 3 rings (SSSR count). The summed E-state index contributed by atoms with van der Waals surface area (Å²) in [6.45, 7) is 2.34. The van der Waals surface area contributed by atoms with Crippen LogP contribution in [0.5, 0.6) is 11.5 Å². The van der Waals surface area contributed by atoms with Gasteiger partial charge in [-0.25, -0.2) is 4.39 Å². The van der Waals surface area contributed by atoms with Crippen molar-refractivity contribution in [1.82, 2.24) is 10.2 Å². The second-order valence-electron chi connectivity index (χ2n) is 6.41. The first kappa shape index (κ1) is 22.4. The third-order valence-corrected chi connectivity index (χ3v) is 5.31. The van der Waals surface area contributed by atoms with Crippen LogP contribution in [0.3, 0.4) is 0 Å². The number of carbonyl (C=O) groups excluding carboxylic acids is 3. The summed E-state index contributed by atoms with van der Waals surface area (Å²) >= 11 is 0.816. The lowest BCUT2D eigenvalue weighted by Crippen LogP contribution is -2.37. The molecule has 1 fully saturated rings. The van der Waals surface area contributed by atoms with Crippen LogP contribution in [-0.2, 0) is 4.79 Å². The molecule has 162 valence electrons. The second kappa shape index (κ2) is 10.1. The average molecular weight is 444 g/mol. The highest BCUT2D eigenvalue weighted by molar-refractivity contribution is 8.18. The number of thioether (sulfide) groups is 1. The lowest BCUT2D eigenvalue weighted by atomic mass is 10.2. The van der Waals surface area contributed by atoms with E-state index >= 15 is 0 Å². The molecular formula is C22H21FN2O5S. The van der Waals surface area contributed by atoms with Crippen molar-refractivity contribution in [1.29, 1.82) is 0 Å². The highest BCUT2D eigenvalue weighted by Gasteiger charge is 2.34. The van der Waals surface area contributed by atoms with E-state index < -0.39 is 22.9 Å². The van der Waals surface area contributed by atoms with Gasteiger partial charge < -0.3 is 14.8 Å². The molecule has 1 N–H and O–H groups in total. The van der Waals surface area contributed by atoms with E-state index in [1.807, 2.05) is 6.92 Å². The molecule has 1 saturated heterocycles. The lowest BCUT2D eigenvalue weighted by molar-refractivity contribution is -0.122. The Balaban J connectivity index is 1.64. The summed E-state index contributed by atoms with van der Waals surface area (Å²) in [6.07, 6.45) is 1.60. The van der Waals surface area contributed by atoms with Crippen molar-refractivity contribution in [2.24, 2.45) is 0 Å². The minimum absolute atomic E-state index is 0.00929. The fourth-order valence-electron chi connectivity index (χ4n) is 2.91. The Bertz CT molecular complexity index is 1040. The van der Waals surface area contributed by atoms with Gasteiger partial charge in [0.2, 0.25) is 0 Å². The van der Waals surface area contributed by atoms with E-state index in [1.54, 1.807) is 30.3 Å². The highest BCUT2D eigenvalue weighted by atomic mass is 32.2. The van der Waals surface area contributed by atoms with Gasteiger partial charge in [0.1, 0.15) is 5.82 Å². The van der Waals surface area contributed by atoms with E-state index in [9.17, 15) is 18.8 Å². The molecule has 0 radical (unpaired) electrons. The van der Waals surface area contributed by atoms with Gasteiger partial charge in [-0.1, -0.05) is 18.2 Å². The zero-order chi connectivity index (χ0) is 22.4. The average Bonchev–Trinajstić information content (AvgIpc) is 3.02. The number of carbonyl (C=O) groups is 3. The molecule has 0 unspecified atom stereocenters. The standard InChI is InChI=1S/C22H21FN2O5S/c1-3-30-17-9-8-14(12-18(17)29-2)13-19-21(27)25(22(28)31-19)11-10-24-20(26)15-6-4-5-7-16(15)23/h4-9,12-13H,3,10-11H2,1-2H3,(H,24,26)/b19-13-. The Labute approximate surface area is 183 Å². The third-order valence-electron chi connectivity index (χ3n) is 4.40. The van der Waals surface area contributed by atoms with Gasteiger partial charge in [-0.15, -0.1) is 0 Å². The van der Waals surface area contributed by atoms with Crippen molar-refractivity contribution in [3.05, 3.63) is 64.3 Å². The maximum atomic E-state index is 13.7. The number of benzene rings is 2. The van der Waals surface area contributed by atoms with Gasteiger partial charge in [0, 0.05) is 13.1 Å². The zero-order valence-corrected chi connectivity index (χ0v) is 17.8. The van der Waals surface area contributed by atoms with E-state index in [2.05, 4.69) is 5.32 Å². The van der Waals surface area contributed by atoms with Crippen LogP contribution < -0.4 is 14.8 Å². The van der Waals surface area contributed by atoms with Gasteiger partial charge >= 0.3 is 0 Å². The van der Waals surface area contributed by atoms with Crippen molar-refractivity contribution < 1.29 is 28.2 Å². The minimum atomic E-state index is -0.639. The summed E-state index contributed by atoms with van der Waals surface area (Å²) in [6, 6.07) is 10.8. The SMILES string of the molecule is CCOc1ccc(/C=C2\SC(=O)N(CCNC(=O)c3ccccc3F)C2=O)cc1OC. The van der Waals surface area contributed by atoms with Gasteiger partial charge in [-0.2, -0.15) is 0 Å². The van der Waals surface area contributed by atoms with Gasteiger partial charge in [-0.05, 0) is 54.6 Å². The number of amides is 3. The first-order valence-corrected chi connectivity index (χ1v) is 10.3. The van der Waals surface area contributed by atoms with Crippen LogP contribution in [0, 0.1) is 5.82 Å². The molecule has 3 amide bonds. The van der Waals surface area contributed by atoms with Crippen LogP contribution in [-0.4, -0.2) is 48.8 Å². The summed E-state index contributed by atoms with van der Waals surface area (Å²) in [5.74, 6) is -0.600. The van der Waals surface area contributed by atoms with Crippen LogP contribution >= 0.6 is 11.8 Å². The van der Waals surface area contributed by atoms with Crippen molar-refractivity contribution in [2.75, 3.05) is 26.8 Å². The maximum Gasteiger partial charge on any atom is 0.293 e. The number of ether oxygens (including phenoxy) is 2. The van der Waals surface area contributed by atoms with Crippen molar-refractivity contribution in [2.45, 2.75) is 6.92 Å². The summed E-state index contributed by atoms with van der Waals surface area (Å²) in [5.41, 5.74) is 0.583. The summed E-state index contributed by atoms with van der Waals surface area (Å²) < 4.78 is 24.4. The number of rotatable bonds is 8. The van der Waals surface area contributed by atoms with Crippen molar-refractivity contribution in [3.8, 4) is 11.5 Å². The van der Waals surface area contributed by atoms with Crippen LogP contribution in [0.2, 0.25) is 0 Å². The van der Waals surface area contributed by atoms with Gasteiger partial charge in [-0.3, -0.25) is 19.3 Å². The van der Waals surface area contributed by atoms with Gasteiger partial charge in [0.05, 0.1) is 24.2 Å². The fraction of sp³-hybridized carbons (Fsp3) is 0.227. The quantitative estimate of drug-likeness (QED) is 0.625. The number of halogens is 1. The number of hydrogen-bond donors (Lipinski definition) is 1. The summed E-state index contributed by atoms with van der Waals surface area (Å²) in [4.78, 5) is 38.3. The first-order valence-electron chi connectivity index (χ1n) is 9.53. The number of imide groups is 1. The van der Waals surface area contributed by atoms with Gasteiger partial charge in [0.15, 0.2) is 11.5 Å². The Hall–Kier alpha value is -3.33. The molecule has 2 aromatic rings. The van der Waals surface area contributed by atoms with Crippen LogP contribution in [0.15, 0.2) is 47.4 Å². The number of methoxy groups -OCH3 is 1. The van der Waals surface area contributed by atoms with Crippen LogP contribution in [0.25, 0.3) is 6.08 Å². The minimum Gasteiger partial charge on any atom is -0.493 e. The normalized spacial score (nSPS) is 14.8. The monoisotopic (exact) mass is 444 g/mol. The maximum absolute atomic E-state index is 13.7. The molecule has 9 heteroatoms. The van der Waals surface area contributed by atoms with E-state index in [-0.39, 0.29) is 23.6 Å². The fourth-order valence-corrected chi connectivity index (χ4v) is 3.78. The zero-order valence-electron chi connectivity index (χ0n) is 17.0. The molecule has 0 atom stereocenters. The molecule has 0 bridgehead atoms. The molecule has 31 heavy (non-hydrogen) atoms. The smallest absolute Gasteiger partial charge is 0.293 e. The molecule has 1 aliphatic rings. The van der Waals surface area contributed by atoms with Crippen molar-refractivity contribution >= 4 is 34.9 Å². The van der Waals surface area contributed by atoms with E-state index in [4.69, 9.17) is 9.47 Å². The Morgan fingerprint density at radius 2 is 1.97 bits per heavy atom. The largest absolute Gasteiger partial charge is 0.493 e. The summed E-state index contributed by atoms with van der Waals surface area (Å²) in [5, 5.41) is 2.09. The predicted molar refractivity (Wildman–Crippen MR) is 116 cm³/mol. The van der Waals surface area contributed by atoms with Crippen LogP contribution in [0.1, 0.15) is 22.8 Å².